The van der Waals surface area contributed by atoms with Gasteiger partial charge in [0.15, 0.2) is 22.6 Å². The van der Waals surface area contributed by atoms with Crippen LogP contribution in [0, 0.1) is 17.5 Å². The van der Waals surface area contributed by atoms with E-state index in [-0.39, 0.29) is 21.0 Å². The van der Waals surface area contributed by atoms with Gasteiger partial charge in [-0.1, -0.05) is 11.3 Å². The zero-order valence-electron chi connectivity index (χ0n) is 9.49. The topological polar surface area (TPSA) is 54.9 Å². The Morgan fingerprint density at radius 2 is 2.05 bits per heavy atom. The molecule has 0 aliphatic rings. The second-order valence-corrected chi connectivity index (χ2v) is 5.43. The van der Waals surface area contributed by atoms with E-state index in [0.29, 0.717) is 0 Å². The van der Waals surface area contributed by atoms with Gasteiger partial charge in [-0.25, -0.2) is 23.1 Å². The summed E-state index contributed by atoms with van der Waals surface area (Å²) in [5, 5.41) is 3.97. The van der Waals surface area contributed by atoms with Gasteiger partial charge in [-0.05, 0) is 6.07 Å². The second kappa shape index (κ2) is 4.84. The Morgan fingerprint density at radius 3 is 2.75 bits per heavy atom. The van der Waals surface area contributed by atoms with E-state index < -0.39 is 23.4 Å². The Kier molecular flexibility index (Phi) is 3.14. The molecule has 0 spiro atoms. The lowest BCUT2D eigenvalue weighted by Crippen LogP contribution is -2.11. The van der Waals surface area contributed by atoms with Crippen LogP contribution in [-0.4, -0.2) is 15.9 Å². The maximum Gasteiger partial charge on any atom is 0.276 e. The standard InChI is InChI=1S/C11H4F3N3OS2/c12-4-1-6-9(8(14)7(4)13)16-11(20-6)17-10(18)5-2-19-3-15-5/h1-3H,(H,16,17,18). The molecule has 2 heterocycles. The van der Waals surface area contributed by atoms with Crippen molar-refractivity contribution >= 4 is 43.9 Å². The smallest absolute Gasteiger partial charge is 0.276 e. The number of anilines is 1. The molecule has 0 saturated heterocycles. The zero-order valence-corrected chi connectivity index (χ0v) is 11.1. The molecule has 4 nitrogen and oxygen atoms in total. The predicted molar refractivity (Wildman–Crippen MR) is 69.6 cm³/mol. The molecule has 1 aromatic carbocycles. The van der Waals surface area contributed by atoms with Gasteiger partial charge in [0.2, 0.25) is 0 Å². The molecule has 3 aromatic rings. The highest BCUT2D eigenvalue weighted by Crippen LogP contribution is 2.30. The average molecular weight is 315 g/mol. The van der Waals surface area contributed by atoms with Gasteiger partial charge in [-0.15, -0.1) is 11.3 Å². The highest BCUT2D eigenvalue weighted by molar-refractivity contribution is 7.22. The number of fused-ring (bicyclic) bond motifs is 1. The van der Waals surface area contributed by atoms with Gasteiger partial charge in [0.05, 0.1) is 10.2 Å². The predicted octanol–water partition coefficient (Wildman–Crippen LogP) is 3.42. The summed E-state index contributed by atoms with van der Waals surface area (Å²) in [5.74, 6) is -4.77. The van der Waals surface area contributed by atoms with Gasteiger partial charge in [0.25, 0.3) is 5.91 Å². The van der Waals surface area contributed by atoms with Gasteiger partial charge in [0.1, 0.15) is 11.2 Å². The summed E-state index contributed by atoms with van der Waals surface area (Å²) in [7, 11) is 0. The molecule has 0 fully saturated rings. The number of nitrogens with one attached hydrogen (secondary N) is 1. The summed E-state index contributed by atoms with van der Waals surface area (Å²) < 4.78 is 39.7. The molecule has 2 aromatic heterocycles. The number of benzene rings is 1. The number of nitrogens with zero attached hydrogens (tertiary/aromatic N) is 2. The first-order valence-corrected chi connectivity index (χ1v) is 6.96. The lowest BCUT2D eigenvalue weighted by Gasteiger charge is -1.96. The quantitative estimate of drug-likeness (QED) is 0.737. The van der Waals surface area contributed by atoms with Crippen LogP contribution in [0.2, 0.25) is 0 Å². The number of hydrogen-bond donors (Lipinski definition) is 1. The lowest BCUT2D eigenvalue weighted by molar-refractivity contribution is 0.102. The number of aromatic nitrogens is 2. The third-order valence-corrected chi connectivity index (χ3v) is 3.91. The van der Waals surface area contributed by atoms with Crippen molar-refractivity contribution in [2.24, 2.45) is 0 Å². The Bertz CT molecular complexity index is 801. The summed E-state index contributed by atoms with van der Waals surface area (Å²) >= 11 is 2.09. The van der Waals surface area contributed by atoms with E-state index in [1.165, 1.54) is 22.2 Å². The van der Waals surface area contributed by atoms with Crippen molar-refractivity contribution in [3.8, 4) is 0 Å². The number of rotatable bonds is 2. The minimum absolute atomic E-state index is 0.0434. The van der Waals surface area contributed by atoms with E-state index in [9.17, 15) is 18.0 Å². The minimum atomic E-state index is -1.58. The zero-order chi connectivity index (χ0) is 14.3. The summed E-state index contributed by atoms with van der Waals surface area (Å²) in [6, 6.07) is 0.837. The monoisotopic (exact) mass is 315 g/mol. The van der Waals surface area contributed by atoms with E-state index in [0.717, 1.165) is 17.4 Å². The molecule has 1 amide bonds. The number of hydrogen-bond acceptors (Lipinski definition) is 5. The fourth-order valence-corrected chi connectivity index (χ4v) is 2.93. The first kappa shape index (κ1) is 13.0. The molecule has 0 atom stereocenters. The molecule has 0 unspecified atom stereocenters. The van der Waals surface area contributed by atoms with E-state index in [4.69, 9.17) is 0 Å². The Labute approximate surface area is 117 Å². The average Bonchev–Trinajstić information content (AvgIpc) is 3.05. The first-order chi connectivity index (χ1) is 9.56. The van der Waals surface area contributed by atoms with Crippen molar-refractivity contribution in [2.45, 2.75) is 0 Å². The van der Waals surface area contributed by atoms with Crippen LogP contribution in [-0.2, 0) is 0 Å². The van der Waals surface area contributed by atoms with Crippen LogP contribution in [0.1, 0.15) is 10.5 Å². The molecule has 0 saturated carbocycles. The maximum absolute atomic E-state index is 13.5. The van der Waals surface area contributed by atoms with Gasteiger partial charge >= 0.3 is 0 Å². The summed E-state index contributed by atoms with van der Waals surface area (Å²) in [6.07, 6.45) is 0. The van der Waals surface area contributed by atoms with E-state index in [1.807, 2.05) is 0 Å². The molecule has 9 heteroatoms. The first-order valence-electron chi connectivity index (χ1n) is 5.20. The van der Waals surface area contributed by atoms with Crippen LogP contribution in [0.15, 0.2) is 17.0 Å². The summed E-state index contributed by atoms with van der Waals surface area (Å²) in [6.45, 7) is 0. The molecular formula is C11H4F3N3OS2. The molecule has 0 aliphatic carbocycles. The highest BCUT2D eigenvalue weighted by Gasteiger charge is 2.18. The fraction of sp³-hybridized carbons (Fsp3) is 0. The van der Waals surface area contributed by atoms with Crippen molar-refractivity contribution in [3.05, 3.63) is 40.1 Å². The van der Waals surface area contributed by atoms with Gasteiger partial charge < -0.3 is 0 Å². The number of amides is 1. The van der Waals surface area contributed by atoms with Crippen LogP contribution in [0.4, 0.5) is 18.3 Å². The second-order valence-electron chi connectivity index (χ2n) is 3.68. The molecule has 3 rings (SSSR count). The van der Waals surface area contributed by atoms with Crippen molar-refractivity contribution in [1.82, 2.24) is 9.97 Å². The molecule has 102 valence electrons. The molecule has 20 heavy (non-hydrogen) atoms. The molecule has 0 bridgehead atoms. The molecule has 1 N–H and O–H groups in total. The number of carbonyl (C=O) groups excluding carboxylic acids is 1. The van der Waals surface area contributed by atoms with Crippen molar-refractivity contribution in [2.75, 3.05) is 5.32 Å². The molecular weight excluding hydrogens is 311 g/mol. The molecule has 0 radical (unpaired) electrons. The number of carbonyl (C=O) groups is 1. The third-order valence-electron chi connectivity index (χ3n) is 2.41. The van der Waals surface area contributed by atoms with Crippen LogP contribution >= 0.6 is 22.7 Å². The normalized spacial score (nSPS) is 10.9. The largest absolute Gasteiger partial charge is 0.296 e. The van der Waals surface area contributed by atoms with Gasteiger partial charge in [-0.3, -0.25) is 10.1 Å². The van der Waals surface area contributed by atoms with E-state index in [1.54, 1.807) is 0 Å². The summed E-state index contributed by atoms with van der Waals surface area (Å²) in [4.78, 5) is 19.3. The fourth-order valence-electron chi connectivity index (χ4n) is 1.51. The van der Waals surface area contributed by atoms with Crippen molar-refractivity contribution in [3.63, 3.8) is 0 Å². The van der Waals surface area contributed by atoms with Crippen LogP contribution < -0.4 is 5.32 Å². The number of halogens is 3. The Morgan fingerprint density at radius 1 is 1.25 bits per heavy atom. The summed E-state index contributed by atoms with van der Waals surface area (Å²) in [5.41, 5.74) is 1.35. The van der Waals surface area contributed by atoms with Crippen LogP contribution in [0.25, 0.3) is 10.2 Å². The molecule has 0 aliphatic heterocycles. The SMILES string of the molecule is O=C(Nc1nc2c(F)c(F)c(F)cc2s1)c1cscn1. The third kappa shape index (κ3) is 2.14. The minimum Gasteiger partial charge on any atom is -0.296 e. The number of thiazole rings is 2. The van der Waals surface area contributed by atoms with Crippen LogP contribution in [0.5, 0.6) is 0 Å². The lowest BCUT2D eigenvalue weighted by atomic mass is 10.3. The Hall–Kier alpha value is -2.00. The van der Waals surface area contributed by atoms with Gasteiger partial charge in [-0.2, -0.15) is 0 Å². The highest BCUT2D eigenvalue weighted by atomic mass is 32.1. The van der Waals surface area contributed by atoms with Crippen molar-refractivity contribution < 1.29 is 18.0 Å². The van der Waals surface area contributed by atoms with E-state index in [2.05, 4.69) is 15.3 Å². The van der Waals surface area contributed by atoms with Gasteiger partial charge in [0, 0.05) is 5.38 Å². The Balaban J connectivity index is 1.98. The van der Waals surface area contributed by atoms with Crippen molar-refractivity contribution in [1.29, 1.82) is 0 Å². The van der Waals surface area contributed by atoms with Crippen LogP contribution in [0.3, 0.4) is 0 Å². The maximum atomic E-state index is 13.5. The van der Waals surface area contributed by atoms with E-state index >= 15 is 0 Å².